The van der Waals surface area contributed by atoms with Crippen LogP contribution in [0, 0.1) is 5.21 Å². The summed E-state index contributed by atoms with van der Waals surface area (Å²) in [4.78, 5) is 23.3. The quantitative estimate of drug-likeness (QED) is 0.283. The highest BCUT2D eigenvalue weighted by molar-refractivity contribution is 5.90. The minimum absolute atomic E-state index is 0.271. The first kappa shape index (κ1) is 21.5. The van der Waals surface area contributed by atoms with E-state index in [1.165, 1.54) is 51.2 Å². The molecule has 0 aromatic rings. The Labute approximate surface area is 151 Å². The van der Waals surface area contributed by atoms with Gasteiger partial charge in [-0.1, -0.05) is 64.7 Å². The van der Waals surface area contributed by atoms with Gasteiger partial charge in [-0.25, -0.2) is 4.74 Å². The number of unbranched alkanes of at least 4 members (excludes halogenated alkanes) is 9. The molecule has 1 atom stereocenters. The van der Waals surface area contributed by atoms with Gasteiger partial charge in [0.05, 0.1) is 0 Å². The number of aliphatic carboxylic acids is 1. The number of carbonyl (C=O) groups is 2. The molecule has 0 bridgehead atoms. The predicted molar refractivity (Wildman–Crippen MR) is 98.8 cm³/mol. The molecule has 144 valence electrons. The van der Waals surface area contributed by atoms with Gasteiger partial charge in [0, 0.05) is 19.4 Å². The van der Waals surface area contributed by atoms with Crippen LogP contribution in [0.25, 0.3) is 0 Å². The number of hydrogen-bond donors (Lipinski definition) is 2. The number of carboxylic acids is 1. The second kappa shape index (κ2) is 11.9. The summed E-state index contributed by atoms with van der Waals surface area (Å²) < 4.78 is 0.537. The summed E-state index contributed by atoms with van der Waals surface area (Å²) in [5.74, 6) is -1.57. The number of rotatable bonds is 14. The fourth-order valence-electron chi connectivity index (χ4n) is 3.39. The Morgan fingerprint density at radius 2 is 1.64 bits per heavy atom. The maximum absolute atomic E-state index is 12.3. The zero-order valence-corrected chi connectivity index (χ0v) is 15.6. The van der Waals surface area contributed by atoms with Crippen molar-refractivity contribution < 1.29 is 19.4 Å². The van der Waals surface area contributed by atoms with Gasteiger partial charge in [-0.3, -0.25) is 9.59 Å². The van der Waals surface area contributed by atoms with Gasteiger partial charge in [0.1, 0.15) is 6.42 Å². The monoisotopic (exact) mass is 354 g/mol. The van der Waals surface area contributed by atoms with Crippen molar-refractivity contribution in [2.75, 3.05) is 6.54 Å². The molecule has 0 aliphatic carbocycles. The molecular weight excluding hydrogens is 320 g/mol. The summed E-state index contributed by atoms with van der Waals surface area (Å²) in [5.41, 5.74) is -1.45. The summed E-state index contributed by atoms with van der Waals surface area (Å²) in [6, 6.07) is 0. The van der Waals surface area contributed by atoms with Crippen LogP contribution in [0.4, 0.5) is 0 Å². The molecule has 1 rings (SSSR count). The third-order valence-corrected chi connectivity index (χ3v) is 4.96. The van der Waals surface area contributed by atoms with Gasteiger partial charge < -0.3 is 15.6 Å². The molecule has 0 saturated heterocycles. The Bertz CT molecular complexity index is 451. The van der Waals surface area contributed by atoms with Crippen LogP contribution in [0.5, 0.6) is 0 Å². The molecule has 0 fully saturated rings. The van der Waals surface area contributed by atoms with E-state index in [9.17, 15) is 14.8 Å². The zero-order valence-electron chi connectivity index (χ0n) is 15.6. The van der Waals surface area contributed by atoms with E-state index >= 15 is 0 Å². The number of hydrogen-bond acceptors (Lipinski definition) is 3. The summed E-state index contributed by atoms with van der Waals surface area (Å²) >= 11 is 0. The topological polar surface area (TPSA) is 92.5 Å². The minimum atomic E-state index is -1.45. The number of carboxylic acid groups (broad SMARTS) is 1. The van der Waals surface area contributed by atoms with E-state index in [0.717, 1.165) is 19.3 Å². The molecule has 2 N–H and O–H groups in total. The molecule has 1 aliphatic rings. The van der Waals surface area contributed by atoms with E-state index in [2.05, 4.69) is 12.2 Å². The first-order valence-corrected chi connectivity index (χ1v) is 9.83. The third kappa shape index (κ3) is 7.45. The van der Waals surface area contributed by atoms with Gasteiger partial charge >= 0.3 is 5.97 Å². The summed E-state index contributed by atoms with van der Waals surface area (Å²) in [5, 5.41) is 23.7. The van der Waals surface area contributed by atoms with E-state index in [0.29, 0.717) is 17.7 Å². The van der Waals surface area contributed by atoms with Crippen LogP contribution in [0.2, 0.25) is 0 Å². The maximum atomic E-state index is 12.3. The molecular formula is C19H34N2O4. The Kier molecular flexibility index (Phi) is 10.2. The highest BCUT2D eigenvalue weighted by Crippen LogP contribution is 2.26. The lowest BCUT2D eigenvalue weighted by molar-refractivity contribution is -0.519. The van der Waals surface area contributed by atoms with Gasteiger partial charge in [-0.05, 0) is 6.42 Å². The fraction of sp³-hybridized carbons (Fsp3) is 0.842. The first-order chi connectivity index (χ1) is 12.0. The lowest BCUT2D eigenvalue weighted by Crippen LogP contribution is -2.52. The van der Waals surface area contributed by atoms with E-state index in [-0.39, 0.29) is 6.42 Å². The van der Waals surface area contributed by atoms with Crippen LogP contribution >= 0.6 is 0 Å². The average molecular weight is 354 g/mol. The van der Waals surface area contributed by atoms with Crippen LogP contribution in [0.1, 0.15) is 90.4 Å². The molecule has 0 aromatic carbocycles. The number of carbonyl (C=O) groups excluding carboxylic acids is 1. The summed E-state index contributed by atoms with van der Waals surface area (Å²) in [6.45, 7) is 2.73. The number of hydroxylamine groups is 1. The Morgan fingerprint density at radius 3 is 2.12 bits per heavy atom. The number of nitrogens with one attached hydrogen (secondary N) is 1. The average Bonchev–Trinajstić information content (AvgIpc) is 2.93. The van der Waals surface area contributed by atoms with E-state index in [1.807, 2.05) is 0 Å². The van der Waals surface area contributed by atoms with Crippen LogP contribution in [-0.4, -0.2) is 40.0 Å². The molecule has 0 radical (unpaired) electrons. The number of nitrogens with zero attached hydrogens (tertiary/aromatic N) is 1. The van der Waals surface area contributed by atoms with Crippen molar-refractivity contribution in [3.63, 3.8) is 0 Å². The molecule has 0 aromatic heterocycles. The Balaban J connectivity index is 2.13. The van der Waals surface area contributed by atoms with E-state index in [1.54, 1.807) is 0 Å². The highest BCUT2D eigenvalue weighted by Gasteiger charge is 2.51. The van der Waals surface area contributed by atoms with Gasteiger partial charge in [-0.2, -0.15) is 0 Å². The van der Waals surface area contributed by atoms with Gasteiger partial charge in [0.15, 0.2) is 6.21 Å². The summed E-state index contributed by atoms with van der Waals surface area (Å²) in [7, 11) is 0. The fourth-order valence-corrected chi connectivity index (χ4v) is 3.39. The second-order valence-electron chi connectivity index (χ2n) is 7.09. The summed E-state index contributed by atoms with van der Waals surface area (Å²) in [6.07, 6.45) is 13.8. The molecule has 1 heterocycles. The van der Waals surface area contributed by atoms with Crippen molar-refractivity contribution in [3.8, 4) is 0 Å². The van der Waals surface area contributed by atoms with Gasteiger partial charge in [0.2, 0.25) is 0 Å². The lowest BCUT2D eigenvalue weighted by atomic mass is 9.91. The van der Waals surface area contributed by atoms with Crippen LogP contribution < -0.4 is 5.32 Å². The molecule has 6 nitrogen and oxygen atoms in total. The molecule has 6 heteroatoms. The molecule has 1 amide bonds. The predicted octanol–water partition coefficient (Wildman–Crippen LogP) is 3.61. The second-order valence-corrected chi connectivity index (χ2v) is 7.09. The normalized spacial score (nSPS) is 19.6. The minimum Gasteiger partial charge on any atom is -0.623 e. The molecule has 1 unspecified atom stereocenters. The van der Waals surface area contributed by atoms with Gasteiger partial charge in [0.25, 0.3) is 11.4 Å². The van der Waals surface area contributed by atoms with Crippen LogP contribution in [0.3, 0.4) is 0 Å². The molecule has 1 aliphatic heterocycles. The van der Waals surface area contributed by atoms with Crippen LogP contribution in [-0.2, 0) is 9.59 Å². The van der Waals surface area contributed by atoms with Crippen molar-refractivity contribution in [2.45, 2.75) is 95.9 Å². The van der Waals surface area contributed by atoms with Crippen molar-refractivity contribution in [1.82, 2.24) is 5.32 Å². The third-order valence-electron chi connectivity index (χ3n) is 4.96. The Morgan fingerprint density at radius 1 is 1.08 bits per heavy atom. The molecule has 0 saturated carbocycles. The lowest BCUT2D eigenvalue weighted by Gasteiger charge is -2.25. The number of amides is 1. The Hall–Kier alpha value is -1.59. The van der Waals surface area contributed by atoms with E-state index in [4.69, 9.17) is 5.11 Å². The van der Waals surface area contributed by atoms with Crippen molar-refractivity contribution >= 4 is 18.1 Å². The SMILES string of the molecule is CCCCCCCCCCCCNC(=O)C1(CC(=O)O)CCC=[N+]1[O-]. The van der Waals surface area contributed by atoms with Crippen molar-refractivity contribution in [1.29, 1.82) is 0 Å². The van der Waals surface area contributed by atoms with E-state index < -0.39 is 23.8 Å². The van der Waals surface area contributed by atoms with Crippen LogP contribution in [0.15, 0.2) is 0 Å². The zero-order chi connectivity index (χ0) is 18.5. The maximum Gasteiger partial charge on any atom is 0.311 e. The molecule has 25 heavy (non-hydrogen) atoms. The highest BCUT2D eigenvalue weighted by atomic mass is 16.5. The largest absolute Gasteiger partial charge is 0.623 e. The standard InChI is InChI=1S/C19H34N2O4/c1-2-3-4-5-6-7-8-9-10-11-14-20-18(24)19(16-17(22)23)13-12-15-21(19)25/h15H,2-14,16H2,1H3,(H,20,24)(H,22,23). The smallest absolute Gasteiger partial charge is 0.311 e. The first-order valence-electron chi connectivity index (χ1n) is 9.83. The van der Waals surface area contributed by atoms with Crippen molar-refractivity contribution in [2.24, 2.45) is 0 Å². The molecule has 0 spiro atoms. The van der Waals surface area contributed by atoms with Gasteiger partial charge in [-0.15, -0.1) is 0 Å². The van der Waals surface area contributed by atoms with Crippen molar-refractivity contribution in [3.05, 3.63) is 5.21 Å².